The molecule has 1 atom stereocenters. The number of nitrogens with zero attached hydrogens (tertiary/aromatic N) is 1. The SMILES string of the molecule is CNCC1CCCN(CC(=O)Nc2ccc(OC)cc2)C1. The maximum atomic E-state index is 12.1. The minimum Gasteiger partial charge on any atom is -0.497 e. The minimum absolute atomic E-state index is 0.0466. The van der Waals surface area contributed by atoms with Gasteiger partial charge in [-0.15, -0.1) is 0 Å². The molecule has 0 radical (unpaired) electrons. The summed E-state index contributed by atoms with van der Waals surface area (Å²) in [5.74, 6) is 1.49. The number of rotatable bonds is 6. The fourth-order valence-corrected chi connectivity index (χ4v) is 2.83. The van der Waals surface area contributed by atoms with Crippen molar-refractivity contribution in [2.45, 2.75) is 12.8 Å². The molecule has 2 N–H and O–H groups in total. The summed E-state index contributed by atoms with van der Waals surface area (Å²) in [5.41, 5.74) is 0.810. The largest absolute Gasteiger partial charge is 0.497 e. The molecule has 2 rings (SSSR count). The molecular weight excluding hydrogens is 266 g/mol. The van der Waals surface area contributed by atoms with Crippen LogP contribution in [0.2, 0.25) is 0 Å². The Labute approximate surface area is 126 Å². The zero-order chi connectivity index (χ0) is 15.1. The molecule has 0 spiro atoms. The van der Waals surface area contributed by atoms with Crippen LogP contribution in [0.3, 0.4) is 0 Å². The quantitative estimate of drug-likeness (QED) is 0.835. The van der Waals surface area contributed by atoms with E-state index in [0.29, 0.717) is 12.5 Å². The topological polar surface area (TPSA) is 53.6 Å². The van der Waals surface area contributed by atoms with Crippen LogP contribution in [0.25, 0.3) is 0 Å². The van der Waals surface area contributed by atoms with E-state index in [1.54, 1.807) is 7.11 Å². The summed E-state index contributed by atoms with van der Waals surface area (Å²) in [6.45, 7) is 3.50. The second-order valence-electron chi connectivity index (χ2n) is 5.58. The van der Waals surface area contributed by atoms with E-state index in [1.807, 2.05) is 31.3 Å². The van der Waals surface area contributed by atoms with E-state index in [2.05, 4.69) is 15.5 Å². The molecule has 1 unspecified atom stereocenters. The molecular formula is C16H25N3O2. The van der Waals surface area contributed by atoms with E-state index in [9.17, 15) is 4.79 Å². The number of amides is 1. The molecule has 1 aromatic carbocycles. The van der Waals surface area contributed by atoms with E-state index < -0.39 is 0 Å². The summed E-state index contributed by atoms with van der Waals surface area (Å²) in [7, 11) is 3.61. The third kappa shape index (κ3) is 5.02. The Bertz CT molecular complexity index is 445. The first kappa shape index (κ1) is 15.8. The van der Waals surface area contributed by atoms with E-state index in [1.165, 1.54) is 12.8 Å². The molecule has 0 bridgehead atoms. The van der Waals surface area contributed by atoms with E-state index in [-0.39, 0.29) is 5.91 Å². The molecule has 0 aromatic heterocycles. The van der Waals surface area contributed by atoms with Gasteiger partial charge in [-0.25, -0.2) is 0 Å². The molecule has 5 nitrogen and oxygen atoms in total. The number of likely N-dealkylation sites (tertiary alicyclic amines) is 1. The lowest BCUT2D eigenvalue weighted by atomic mass is 9.98. The van der Waals surface area contributed by atoms with Gasteiger partial charge in [0.25, 0.3) is 0 Å². The van der Waals surface area contributed by atoms with Gasteiger partial charge in [0.05, 0.1) is 13.7 Å². The fourth-order valence-electron chi connectivity index (χ4n) is 2.83. The van der Waals surface area contributed by atoms with E-state index in [4.69, 9.17) is 4.74 Å². The van der Waals surface area contributed by atoms with Crippen LogP contribution < -0.4 is 15.4 Å². The van der Waals surface area contributed by atoms with Gasteiger partial charge in [-0.2, -0.15) is 0 Å². The molecule has 1 saturated heterocycles. The lowest BCUT2D eigenvalue weighted by Gasteiger charge is -2.32. The van der Waals surface area contributed by atoms with Crippen LogP contribution in [0.1, 0.15) is 12.8 Å². The first-order valence-electron chi connectivity index (χ1n) is 7.52. The molecule has 1 aliphatic rings. The number of carbonyl (C=O) groups is 1. The van der Waals surface area contributed by atoms with Gasteiger partial charge in [0.1, 0.15) is 5.75 Å². The molecule has 116 valence electrons. The molecule has 0 saturated carbocycles. The van der Waals surface area contributed by atoms with Gasteiger partial charge in [0.2, 0.25) is 5.91 Å². The summed E-state index contributed by atoms with van der Waals surface area (Å²) in [4.78, 5) is 14.3. The van der Waals surface area contributed by atoms with Crippen LogP contribution in [0.4, 0.5) is 5.69 Å². The second kappa shape index (κ2) is 8.00. The van der Waals surface area contributed by atoms with Crippen molar-refractivity contribution in [3.63, 3.8) is 0 Å². The van der Waals surface area contributed by atoms with E-state index in [0.717, 1.165) is 31.1 Å². The number of piperidine rings is 1. The Balaban J connectivity index is 1.80. The van der Waals surface area contributed by atoms with Gasteiger partial charge in [-0.1, -0.05) is 0 Å². The Kier molecular flexibility index (Phi) is 6.02. The molecule has 1 amide bonds. The molecule has 1 aromatic rings. The van der Waals surface area contributed by atoms with Crippen LogP contribution >= 0.6 is 0 Å². The van der Waals surface area contributed by atoms with Crippen molar-refractivity contribution in [3.8, 4) is 5.75 Å². The Morgan fingerprint density at radius 1 is 1.38 bits per heavy atom. The molecule has 0 aliphatic carbocycles. The van der Waals surface area contributed by atoms with Gasteiger partial charge in [-0.05, 0) is 63.2 Å². The lowest BCUT2D eigenvalue weighted by molar-refractivity contribution is -0.117. The summed E-state index contributed by atoms with van der Waals surface area (Å²) >= 11 is 0. The molecule has 1 fully saturated rings. The van der Waals surface area contributed by atoms with Crippen LogP contribution in [0.15, 0.2) is 24.3 Å². The summed E-state index contributed by atoms with van der Waals surface area (Å²) < 4.78 is 5.10. The van der Waals surface area contributed by atoms with Crippen molar-refractivity contribution in [1.82, 2.24) is 10.2 Å². The number of anilines is 1. The summed E-state index contributed by atoms with van der Waals surface area (Å²) in [5, 5.41) is 6.16. The second-order valence-corrected chi connectivity index (χ2v) is 5.58. The van der Waals surface area contributed by atoms with Crippen molar-refractivity contribution in [3.05, 3.63) is 24.3 Å². The maximum absolute atomic E-state index is 12.1. The molecule has 5 heteroatoms. The Morgan fingerprint density at radius 3 is 2.81 bits per heavy atom. The lowest BCUT2D eigenvalue weighted by Crippen LogP contribution is -2.42. The molecule has 1 aliphatic heterocycles. The fraction of sp³-hybridized carbons (Fsp3) is 0.562. The van der Waals surface area contributed by atoms with Crippen LogP contribution in [0, 0.1) is 5.92 Å². The maximum Gasteiger partial charge on any atom is 0.238 e. The normalized spacial score (nSPS) is 19.2. The zero-order valence-electron chi connectivity index (χ0n) is 12.9. The number of hydrogen-bond donors (Lipinski definition) is 2. The average Bonchev–Trinajstić information content (AvgIpc) is 2.48. The molecule has 21 heavy (non-hydrogen) atoms. The average molecular weight is 291 g/mol. The van der Waals surface area contributed by atoms with Crippen LogP contribution in [0.5, 0.6) is 5.75 Å². The number of ether oxygens (including phenoxy) is 1. The van der Waals surface area contributed by atoms with Gasteiger partial charge < -0.3 is 15.4 Å². The summed E-state index contributed by atoms with van der Waals surface area (Å²) in [6.07, 6.45) is 2.42. The highest BCUT2D eigenvalue weighted by molar-refractivity contribution is 5.92. The van der Waals surface area contributed by atoms with Gasteiger partial charge in [0, 0.05) is 12.2 Å². The van der Waals surface area contributed by atoms with Crippen LogP contribution in [-0.4, -0.2) is 51.1 Å². The van der Waals surface area contributed by atoms with Gasteiger partial charge >= 0.3 is 0 Å². The number of benzene rings is 1. The standard InChI is InChI=1S/C16H25N3O2/c1-17-10-13-4-3-9-19(11-13)12-16(20)18-14-5-7-15(21-2)8-6-14/h5-8,13,17H,3-4,9-12H2,1-2H3,(H,18,20). The van der Waals surface area contributed by atoms with Gasteiger partial charge in [-0.3, -0.25) is 9.69 Å². The van der Waals surface area contributed by atoms with Crippen molar-refractivity contribution >= 4 is 11.6 Å². The highest BCUT2D eigenvalue weighted by Crippen LogP contribution is 2.17. The third-order valence-electron chi connectivity index (χ3n) is 3.84. The zero-order valence-corrected chi connectivity index (χ0v) is 12.9. The van der Waals surface area contributed by atoms with Crippen molar-refractivity contribution in [2.75, 3.05) is 45.7 Å². The van der Waals surface area contributed by atoms with E-state index >= 15 is 0 Å². The van der Waals surface area contributed by atoms with Crippen molar-refractivity contribution in [1.29, 1.82) is 0 Å². The number of methoxy groups -OCH3 is 1. The number of hydrogen-bond acceptors (Lipinski definition) is 4. The first-order valence-corrected chi connectivity index (χ1v) is 7.52. The Hall–Kier alpha value is -1.59. The highest BCUT2D eigenvalue weighted by Gasteiger charge is 2.20. The smallest absolute Gasteiger partial charge is 0.238 e. The third-order valence-corrected chi connectivity index (χ3v) is 3.84. The number of nitrogens with one attached hydrogen (secondary N) is 2. The Morgan fingerprint density at radius 2 is 2.14 bits per heavy atom. The van der Waals surface area contributed by atoms with Crippen LogP contribution in [-0.2, 0) is 4.79 Å². The number of carbonyl (C=O) groups excluding carboxylic acids is 1. The highest BCUT2D eigenvalue weighted by atomic mass is 16.5. The molecule has 1 heterocycles. The first-order chi connectivity index (χ1) is 10.2. The minimum atomic E-state index is 0.0466. The summed E-state index contributed by atoms with van der Waals surface area (Å²) in [6, 6.07) is 7.41. The van der Waals surface area contributed by atoms with Gasteiger partial charge in [0.15, 0.2) is 0 Å². The van der Waals surface area contributed by atoms with Crippen molar-refractivity contribution < 1.29 is 9.53 Å². The van der Waals surface area contributed by atoms with Crippen molar-refractivity contribution in [2.24, 2.45) is 5.92 Å². The predicted molar refractivity (Wildman–Crippen MR) is 84.7 cm³/mol. The monoisotopic (exact) mass is 291 g/mol. The predicted octanol–water partition coefficient (Wildman–Crippen LogP) is 1.57.